The van der Waals surface area contributed by atoms with Crippen molar-refractivity contribution in [2.24, 2.45) is 0 Å². The number of ether oxygens (including phenoxy) is 2. The molecule has 3 aromatic carbocycles. The van der Waals surface area contributed by atoms with E-state index in [4.69, 9.17) is 9.47 Å². The van der Waals surface area contributed by atoms with Crippen LogP contribution in [0.3, 0.4) is 0 Å². The van der Waals surface area contributed by atoms with E-state index in [1.165, 1.54) is 0 Å². The highest BCUT2D eigenvalue weighted by Crippen LogP contribution is 2.29. The second-order valence-corrected chi connectivity index (χ2v) is 6.80. The summed E-state index contributed by atoms with van der Waals surface area (Å²) < 4.78 is 10.8. The largest absolute Gasteiger partial charge is 0.497 e. The van der Waals surface area contributed by atoms with E-state index in [2.05, 4.69) is 15.6 Å². The number of amides is 1. The first-order valence-electron chi connectivity index (χ1n) is 10.0. The summed E-state index contributed by atoms with van der Waals surface area (Å²) in [5.74, 6) is 1.84. The average molecular weight is 413 g/mol. The summed E-state index contributed by atoms with van der Waals surface area (Å²) in [7, 11) is 1.63. The van der Waals surface area contributed by atoms with Gasteiger partial charge in [-0.2, -0.15) is 0 Å². The number of anilines is 3. The second-order valence-electron chi connectivity index (χ2n) is 6.80. The number of aromatic nitrogens is 1. The fourth-order valence-corrected chi connectivity index (χ4v) is 3.33. The van der Waals surface area contributed by atoms with E-state index in [0.29, 0.717) is 29.4 Å². The molecule has 0 spiro atoms. The van der Waals surface area contributed by atoms with Gasteiger partial charge in [0.1, 0.15) is 17.3 Å². The molecule has 1 heterocycles. The number of benzene rings is 3. The Hall–Kier alpha value is -4.06. The molecule has 6 heteroatoms. The Kier molecular flexibility index (Phi) is 5.98. The first-order chi connectivity index (χ1) is 15.2. The van der Waals surface area contributed by atoms with E-state index < -0.39 is 0 Å². The molecule has 0 fully saturated rings. The maximum absolute atomic E-state index is 13.1. The SMILES string of the molecule is CCOc1ccccc1NC(=O)c1cnc(Nc2ccc(OC)cc2)c2ccccc12. The summed E-state index contributed by atoms with van der Waals surface area (Å²) in [6.45, 7) is 2.42. The standard InChI is InChI=1S/C25H23N3O3/c1-3-31-23-11-7-6-10-22(23)28-25(29)21-16-26-24(20-9-5-4-8-19(20)21)27-17-12-14-18(30-2)15-13-17/h4-16H,3H2,1-2H3,(H,26,27)(H,28,29). The Morgan fingerprint density at radius 2 is 1.65 bits per heavy atom. The average Bonchev–Trinajstić information content (AvgIpc) is 2.81. The lowest BCUT2D eigenvalue weighted by Gasteiger charge is -2.14. The first-order valence-corrected chi connectivity index (χ1v) is 10.0. The smallest absolute Gasteiger partial charge is 0.257 e. The van der Waals surface area contributed by atoms with Crippen molar-refractivity contribution in [1.82, 2.24) is 4.98 Å². The Balaban J connectivity index is 1.65. The van der Waals surface area contributed by atoms with Gasteiger partial charge in [0.05, 0.1) is 25.0 Å². The first kappa shape index (κ1) is 20.2. The molecule has 0 aliphatic heterocycles. The zero-order valence-corrected chi connectivity index (χ0v) is 17.4. The number of methoxy groups -OCH3 is 1. The van der Waals surface area contributed by atoms with E-state index in [1.54, 1.807) is 13.3 Å². The van der Waals surface area contributed by atoms with Crippen molar-refractivity contribution < 1.29 is 14.3 Å². The van der Waals surface area contributed by atoms with Crippen molar-refractivity contribution in [2.75, 3.05) is 24.4 Å². The third-order valence-electron chi connectivity index (χ3n) is 4.83. The van der Waals surface area contributed by atoms with Crippen molar-refractivity contribution in [3.05, 3.63) is 84.6 Å². The van der Waals surface area contributed by atoms with Gasteiger partial charge >= 0.3 is 0 Å². The van der Waals surface area contributed by atoms with Gasteiger partial charge < -0.3 is 20.1 Å². The Bertz CT molecular complexity index is 1210. The summed E-state index contributed by atoms with van der Waals surface area (Å²) in [4.78, 5) is 17.6. The molecule has 31 heavy (non-hydrogen) atoms. The molecule has 0 unspecified atom stereocenters. The lowest BCUT2D eigenvalue weighted by atomic mass is 10.1. The van der Waals surface area contributed by atoms with E-state index in [9.17, 15) is 4.79 Å². The number of rotatable bonds is 7. The van der Waals surface area contributed by atoms with Crippen LogP contribution in [0, 0.1) is 0 Å². The Labute approximate surface area is 180 Å². The summed E-state index contributed by atoms with van der Waals surface area (Å²) in [5.41, 5.74) is 1.99. The Morgan fingerprint density at radius 3 is 2.39 bits per heavy atom. The molecule has 4 aromatic rings. The molecule has 0 atom stereocenters. The number of pyridine rings is 1. The maximum Gasteiger partial charge on any atom is 0.257 e. The number of nitrogens with one attached hydrogen (secondary N) is 2. The topological polar surface area (TPSA) is 72.5 Å². The fraction of sp³-hybridized carbons (Fsp3) is 0.120. The molecule has 2 N–H and O–H groups in total. The molecule has 6 nitrogen and oxygen atoms in total. The molecule has 0 saturated heterocycles. The predicted octanol–water partition coefficient (Wildman–Crippen LogP) is 5.64. The molecular formula is C25H23N3O3. The van der Waals surface area contributed by atoms with E-state index >= 15 is 0 Å². The highest BCUT2D eigenvalue weighted by molar-refractivity contribution is 6.14. The van der Waals surface area contributed by atoms with Crippen LogP contribution in [-0.2, 0) is 0 Å². The molecule has 0 aliphatic rings. The van der Waals surface area contributed by atoms with Crippen LogP contribution in [0.15, 0.2) is 79.0 Å². The number of hydrogen-bond acceptors (Lipinski definition) is 5. The number of hydrogen-bond donors (Lipinski definition) is 2. The zero-order valence-electron chi connectivity index (χ0n) is 17.4. The number of nitrogens with zero attached hydrogens (tertiary/aromatic N) is 1. The van der Waals surface area contributed by atoms with E-state index in [1.807, 2.05) is 79.7 Å². The van der Waals surface area contributed by atoms with Crippen LogP contribution in [-0.4, -0.2) is 24.6 Å². The molecular weight excluding hydrogens is 390 g/mol. The van der Waals surface area contributed by atoms with Gasteiger partial charge in [-0.3, -0.25) is 4.79 Å². The van der Waals surface area contributed by atoms with Crippen molar-refractivity contribution in [1.29, 1.82) is 0 Å². The zero-order chi connectivity index (χ0) is 21.6. The number of carbonyl (C=O) groups is 1. The third kappa shape index (κ3) is 4.43. The lowest BCUT2D eigenvalue weighted by Crippen LogP contribution is -2.14. The molecule has 0 saturated carbocycles. The van der Waals surface area contributed by atoms with Crippen molar-refractivity contribution >= 4 is 33.9 Å². The minimum absolute atomic E-state index is 0.244. The number of fused-ring (bicyclic) bond motifs is 1. The minimum atomic E-state index is -0.244. The van der Waals surface area contributed by atoms with Crippen LogP contribution in [0.2, 0.25) is 0 Å². The molecule has 1 aromatic heterocycles. The van der Waals surface area contributed by atoms with Crippen molar-refractivity contribution in [2.45, 2.75) is 6.92 Å². The monoisotopic (exact) mass is 413 g/mol. The van der Waals surface area contributed by atoms with Crippen molar-refractivity contribution in [3.63, 3.8) is 0 Å². The predicted molar refractivity (Wildman–Crippen MR) is 124 cm³/mol. The summed E-state index contributed by atoms with van der Waals surface area (Å²) in [6.07, 6.45) is 1.59. The second kappa shape index (κ2) is 9.17. The van der Waals surface area contributed by atoms with Gasteiger partial charge in [-0.05, 0) is 48.7 Å². The van der Waals surface area contributed by atoms with Crippen LogP contribution in [0.1, 0.15) is 17.3 Å². The van der Waals surface area contributed by atoms with Crippen LogP contribution in [0.5, 0.6) is 11.5 Å². The highest BCUT2D eigenvalue weighted by Gasteiger charge is 2.15. The third-order valence-corrected chi connectivity index (χ3v) is 4.83. The van der Waals surface area contributed by atoms with Gasteiger partial charge in [0, 0.05) is 17.3 Å². The van der Waals surface area contributed by atoms with E-state index in [-0.39, 0.29) is 5.91 Å². The van der Waals surface area contributed by atoms with Gasteiger partial charge in [0.2, 0.25) is 0 Å². The molecule has 0 bridgehead atoms. The van der Waals surface area contributed by atoms with Gasteiger partial charge in [0.25, 0.3) is 5.91 Å². The summed E-state index contributed by atoms with van der Waals surface area (Å²) in [5, 5.41) is 7.93. The van der Waals surface area contributed by atoms with Crippen LogP contribution < -0.4 is 20.1 Å². The number of carbonyl (C=O) groups excluding carboxylic acids is 1. The minimum Gasteiger partial charge on any atom is -0.497 e. The van der Waals surface area contributed by atoms with Crippen LogP contribution in [0.4, 0.5) is 17.2 Å². The Morgan fingerprint density at radius 1 is 0.935 bits per heavy atom. The van der Waals surface area contributed by atoms with Gasteiger partial charge in [-0.15, -0.1) is 0 Å². The molecule has 156 valence electrons. The van der Waals surface area contributed by atoms with Crippen LogP contribution in [0.25, 0.3) is 10.8 Å². The fourth-order valence-electron chi connectivity index (χ4n) is 3.33. The normalized spacial score (nSPS) is 10.5. The molecule has 1 amide bonds. The quantitative estimate of drug-likeness (QED) is 0.410. The van der Waals surface area contributed by atoms with E-state index in [0.717, 1.165) is 22.2 Å². The van der Waals surface area contributed by atoms with Gasteiger partial charge in [-0.25, -0.2) is 4.98 Å². The number of para-hydroxylation sites is 2. The highest BCUT2D eigenvalue weighted by atomic mass is 16.5. The maximum atomic E-state index is 13.1. The van der Waals surface area contributed by atoms with Crippen LogP contribution >= 0.6 is 0 Å². The molecule has 0 radical (unpaired) electrons. The van der Waals surface area contributed by atoms with Gasteiger partial charge in [0.15, 0.2) is 0 Å². The molecule has 0 aliphatic carbocycles. The summed E-state index contributed by atoms with van der Waals surface area (Å²) in [6, 6.07) is 22.7. The molecule has 4 rings (SSSR count). The van der Waals surface area contributed by atoms with Gasteiger partial charge in [-0.1, -0.05) is 36.4 Å². The van der Waals surface area contributed by atoms with Crippen molar-refractivity contribution in [3.8, 4) is 11.5 Å². The summed E-state index contributed by atoms with van der Waals surface area (Å²) >= 11 is 0. The lowest BCUT2D eigenvalue weighted by molar-refractivity contribution is 0.102.